The van der Waals surface area contributed by atoms with Gasteiger partial charge >= 0.3 is 5.97 Å². The molecule has 6 nitrogen and oxygen atoms in total. The first kappa shape index (κ1) is 19.9. The minimum atomic E-state index is -0.351. The number of hydrogen-bond donors (Lipinski definition) is 2. The van der Waals surface area contributed by atoms with Gasteiger partial charge in [-0.25, -0.2) is 9.78 Å². The Hall–Kier alpha value is -1.18. The van der Waals surface area contributed by atoms with Crippen LogP contribution in [0.3, 0.4) is 0 Å². The van der Waals surface area contributed by atoms with Crippen LogP contribution in [0.15, 0.2) is 0 Å². The van der Waals surface area contributed by atoms with Crippen molar-refractivity contribution < 1.29 is 14.3 Å². The van der Waals surface area contributed by atoms with Crippen molar-refractivity contribution in [1.82, 2.24) is 15.6 Å². The van der Waals surface area contributed by atoms with E-state index in [1.807, 2.05) is 13.8 Å². The van der Waals surface area contributed by atoms with Crippen LogP contribution in [-0.4, -0.2) is 36.6 Å². The van der Waals surface area contributed by atoms with E-state index in [4.69, 9.17) is 4.74 Å². The SMILES string of the molecule is CCOC(=O)c1sc(C(C)NC(=O)C(C)C2CNC2)nc1C.Cl. The number of halogens is 1. The molecule has 2 N–H and O–H groups in total. The first-order chi connectivity index (χ1) is 10.4. The third kappa shape index (κ3) is 4.65. The van der Waals surface area contributed by atoms with Crippen LogP contribution in [0.4, 0.5) is 0 Å². The highest BCUT2D eigenvalue weighted by Gasteiger charge is 2.30. The second-order valence-electron chi connectivity index (χ2n) is 5.62. The highest BCUT2D eigenvalue weighted by molar-refractivity contribution is 7.13. The second-order valence-corrected chi connectivity index (χ2v) is 6.66. The standard InChI is InChI=1S/C15H23N3O3S.ClH/c1-5-21-15(20)12-9(3)18-14(22-12)10(4)17-13(19)8(2)11-6-16-7-11;/h8,10-11,16H,5-7H2,1-4H3,(H,17,19);1H. The number of ether oxygens (including phenoxy) is 1. The Balaban J connectivity index is 0.00000264. The summed E-state index contributed by atoms with van der Waals surface area (Å²) in [6.45, 7) is 9.52. The molecule has 1 aromatic heterocycles. The highest BCUT2D eigenvalue weighted by atomic mass is 35.5. The van der Waals surface area contributed by atoms with Crippen molar-refractivity contribution in [2.75, 3.05) is 19.7 Å². The molecule has 0 radical (unpaired) electrons. The fourth-order valence-corrected chi connectivity index (χ4v) is 3.24. The van der Waals surface area contributed by atoms with E-state index in [2.05, 4.69) is 15.6 Å². The summed E-state index contributed by atoms with van der Waals surface area (Å²) in [5.41, 5.74) is 0.649. The first-order valence-electron chi connectivity index (χ1n) is 7.59. The Kier molecular flexibility index (Phi) is 7.44. The molecule has 1 fully saturated rings. The molecule has 1 aromatic rings. The van der Waals surface area contributed by atoms with Crippen LogP contribution in [-0.2, 0) is 9.53 Å². The van der Waals surface area contributed by atoms with Gasteiger partial charge in [0.15, 0.2) is 0 Å². The average molecular weight is 362 g/mol. The van der Waals surface area contributed by atoms with Gasteiger partial charge in [-0.1, -0.05) is 6.92 Å². The Morgan fingerprint density at radius 3 is 2.61 bits per heavy atom. The summed E-state index contributed by atoms with van der Waals surface area (Å²) in [4.78, 5) is 29.0. The van der Waals surface area contributed by atoms with Gasteiger partial charge in [-0.2, -0.15) is 0 Å². The molecule has 130 valence electrons. The minimum Gasteiger partial charge on any atom is -0.462 e. The lowest BCUT2D eigenvalue weighted by atomic mass is 9.88. The lowest BCUT2D eigenvalue weighted by molar-refractivity contribution is -0.127. The molecule has 23 heavy (non-hydrogen) atoms. The van der Waals surface area contributed by atoms with Crippen LogP contribution in [0.25, 0.3) is 0 Å². The van der Waals surface area contributed by atoms with E-state index in [0.29, 0.717) is 23.1 Å². The number of hydrogen-bond acceptors (Lipinski definition) is 6. The van der Waals surface area contributed by atoms with Gasteiger partial charge in [-0.05, 0) is 39.8 Å². The molecular formula is C15H24ClN3O3S. The number of thiazole rings is 1. The van der Waals surface area contributed by atoms with E-state index in [0.717, 1.165) is 18.1 Å². The molecule has 2 unspecified atom stereocenters. The molecule has 1 aliphatic rings. The quantitative estimate of drug-likeness (QED) is 0.758. The predicted molar refractivity (Wildman–Crippen MR) is 92.1 cm³/mol. The van der Waals surface area contributed by atoms with Gasteiger partial charge in [0.25, 0.3) is 0 Å². The third-order valence-electron chi connectivity index (χ3n) is 3.94. The van der Waals surface area contributed by atoms with Gasteiger partial charge in [0.05, 0.1) is 18.3 Å². The maximum absolute atomic E-state index is 12.2. The summed E-state index contributed by atoms with van der Waals surface area (Å²) in [5.74, 6) is 0.0651. The zero-order chi connectivity index (χ0) is 16.3. The van der Waals surface area contributed by atoms with Crippen LogP contribution >= 0.6 is 23.7 Å². The largest absolute Gasteiger partial charge is 0.462 e. The van der Waals surface area contributed by atoms with Crippen molar-refractivity contribution in [2.45, 2.75) is 33.7 Å². The number of carbonyl (C=O) groups is 2. The number of aromatic nitrogens is 1. The van der Waals surface area contributed by atoms with E-state index < -0.39 is 0 Å². The van der Waals surface area contributed by atoms with Gasteiger partial charge in [-0.15, -0.1) is 23.7 Å². The summed E-state index contributed by atoms with van der Waals surface area (Å²) in [5, 5.41) is 6.89. The number of nitrogens with one attached hydrogen (secondary N) is 2. The minimum absolute atomic E-state index is 0. The number of nitrogens with zero attached hydrogens (tertiary/aromatic N) is 1. The van der Waals surface area contributed by atoms with Gasteiger partial charge in [-0.3, -0.25) is 4.79 Å². The second kappa shape index (κ2) is 8.61. The Bertz CT molecular complexity index is 560. The fourth-order valence-electron chi connectivity index (χ4n) is 2.27. The van der Waals surface area contributed by atoms with E-state index >= 15 is 0 Å². The van der Waals surface area contributed by atoms with Crippen LogP contribution in [0.2, 0.25) is 0 Å². The Morgan fingerprint density at radius 1 is 1.43 bits per heavy atom. The van der Waals surface area contributed by atoms with Crippen molar-refractivity contribution >= 4 is 35.6 Å². The van der Waals surface area contributed by atoms with Crippen LogP contribution in [0.1, 0.15) is 47.2 Å². The van der Waals surface area contributed by atoms with E-state index in [1.165, 1.54) is 11.3 Å². The normalized spacial score (nSPS) is 16.7. The van der Waals surface area contributed by atoms with E-state index in [9.17, 15) is 9.59 Å². The Morgan fingerprint density at radius 2 is 2.09 bits per heavy atom. The van der Waals surface area contributed by atoms with Crippen LogP contribution in [0.5, 0.6) is 0 Å². The van der Waals surface area contributed by atoms with Crippen molar-refractivity contribution in [3.05, 3.63) is 15.6 Å². The first-order valence-corrected chi connectivity index (χ1v) is 8.41. The maximum Gasteiger partial charge on any atom is 0.350 e. The monoisotopic (exact) mass is 361 g/mol. The molecule has 0 aromatic carbocycles. The number of esters is 1. The van der Waals surface area contributed by atoms with Gasteiger partial charge < -0.3 is 15.4 Å². The van der Waals surface area contributed by atoms with Crippen LogP contribution < -0.4 is 10.6 Å². The summed E-state index contributed by atoms with van der Waals surface area (Å²) in [6.07, 6.45) is 0. The van der Waals surface area contributed by atoms with E-state index in [1.54, 1.807) is 13.8 Å². The number of rotatable bonds is 6. The Labute approximate surface area is 146 Å². The van der Waals surface area contributed by atoms with Crippen molar-refractivity contribution in [3.63, 3.8) is 0 Å². The molecule has 1 aliphatic heterocycles. The average Bonchev–Trinajstić information content (AvgIpc) is 2.79. The van der Waals surface area contributed by atoms with Crippen LogP contribution in [0, 0.1) is 18.8 Å². The molecule has 8 heteroatoms. The molecule has 0 spiro atoms. The van der Waals surface area contributed by atoms with Gasteiger partial charge in [0.2, 0.25) is 5.91 Å². The number of aryl methyl sites for hydroxylation is 1. The summed E-state index contributed by atoms with van der Waals surface area (Å²) >= 11 is 1.28. The zero-order valence-electron chi connectivity index (χ0n) is 13.8. The molecule has 0 bridgehead atoms. The molecule has 2 atom stereocenters. The lowest BCUT2D eigenvalue weighted by Gasteiger charge is -2.32. The van der Waals surface area contributed by atoms with Gasteiger partial charge in [0.1, 0.15) is 9.88 Å². The van der Waals surface area contributed by atoms with E-state index in [-0.39, 0.29) is 36.2 Å². The third-order valence-corrected chi connectivity index (χ3v) is 5.26. The molecule has 0 saturated carbocycles. The molecule has 1 amide bonds. The molecule has 0 aliphatic carbocycles. The van der Waals surface area contributed by atoms with Crippen molar-refractivity contribution in [1.29, 1.82) is 0 Å². The predicted octanol–water partition coefficient (Wildman–Crippen LogP) is 2.08. The maximum atomic E-state index is 12.2. The van der Waals surface area contributed by atoms with Crippen molar-refractivity contribution in [2.24, 2.45) is 11.8 Å². The smallest absolute Gasteiger partial charge is 0.350 e. The van der Waals surface area contributed by atoms with Crippen molar-refractivity contribution in [3.8, 4) is 0 Å². The summed E-state index contributed by atoms with van der Waals surface area (Å²) in [7, 11) is 0. The topological polar surface area (TPSA) is 80.3 Å². The number of carbonyl (C=O) groups excluding carboxylic acids is 2. The molecule has 2 rings (SSSR count). The summed E-state index contributed by atoms with van der Waals surface area (Å²) < 4.78 is 5.01. The molecular weight excluding hydrogens is 338 g/mol. The zero-order valence-corrected chi connectivity index (χ0v) is 15.5. The molecule has 1 saturated heterocycles. The molecule has 2 heterocycles. The summed E-state index contributed by atoms with van der Waals surface area (Å²) in [6, 6.07) is -0.213. The highest BCUT2D eigenvalue weighted by Crippen LogP contribution is 2.25. The number of amides is 1. The fraction of sp³-hybridized carbons (Fsp3) is 0.667. The van der Waals surface area contributed by atoms with Gasteiger partial charge in [0, 0.05) is 5.92 Å². The lowest BCUT2D eigenvalue weighted by Crippen LogP contribution is -2.49.